The third-order valence-corrected chi connectivity index (χ3v) is 7.69. The first kappa shape index (κ1) is 22.2. The zero-order valence-corrected chi connectivity index (χ0v) is 19.2. The van der Waals surface area contributed by atoms with E-state index >= 15 is 0 Å². The Morgan fingerprint density at radius 3 is 2.71 bits per heavy atom. The summed E-state index contributed by atoms with van der Waals surface area (Å²) in [6.45, 7) is 1.42. The number of hydrogen-bond acceptors (Lipinski definition) is 5. The number of ether oxygens (including phenoxy) is 1. The number of halogens is 1. The summed E-state index contributed by atoms with van der Waals surface area (Å²) in [5.74, 6) is 0. The second-order valence-electron chi connectivity index (χ2n) is 7.29. The molecule has 1 saturated heterocycles. The Labute approximate surface area is 192 Å². The van der Waals surface area contributed by atoms with E-state index in [0.717, 1.165) is 30.5 Å². The number of aryl methyl sites for hydroxylation is 1. The fourth-order valence-corrected chi connectivity index (χ4v) is 5.44. The topological polar surface area (TPSA) is 83.0 Å². The van der Waals surface area contributed by atoms with Crippen LogP contribution in [0.15, 0.2) is 52.5 Å². The fraction of sp³-hybridized carbons (Fsp3) is 0.333. The van der Waals surface area contributed by atoms with Gasteiger partial charge in [0.2, 0.25) is 10.0 Å². The summed E-state index contributed by atoms with van der Waals surface area (Å²) in [6.07, 6.45) is 2.93. The van der Waals surface area contributed by atoms with Crippen molar-refractivity contribution in [3.63, 3.8) is 0 Å². The highest BCUT2D eigenvalue weighted by molar-refractivity contribution is 7.89. The van der Waals surface area contributed by atoms with Crippen molar-refractivity contribution in [1.29, 1.82) is 0 Å². The molecule has 0 saturated carbocycles. The normalized spacial score (nSPS) is 18.4. The SMILES string of the molecule is O=S(=O)(c1ccc(Cl)c(NC(=S)N/N=C2/CCCc3ccccc32)c1)N1CCOCC1. The van der Waals surface area contributed by atoms with Gasteiger partial charge in [-0.25, -0.2) is 8.42 Å². The average molecular weight is 479 g/mol. The number of nitrogens with one attached hydrogen (secondary N) is 2. The van der Waals surface area contributed by atoms with Crippen LogP contribution in [0.1, 0.15) is 24.0 Å². The van der Waals surface area contributed by atoms with Crippen LogP contribution in [0.25, 0.3) is 0 Å². The molecule has 31 heavy (non-hydrogen) atoms. The lowest BCUT2D eigenvalue weighted by Gasteiger charge is -2.26. The minimum Gasteiger partial charge on any atom is -0.379 e. The lowest BCUT2D eigenvalue weighted by atomic mass is 9.90. The van der Waals surface area contributed by atoms with Crippen molar-refractivity contribution >= 4 is 50.4 Å². The quantitative estimate of drug-likeness (QED) is 0.517. The molecule has 0 spiro atoms. The number of fused-ring (bicyclic) bond motifs is 1. The van der Waals surface area contributed by atoms with Crippen LogP contribution in [0.2, 0.25) is 5.02 Å². The van der Waals surface area contributed by atoms with Gasteiger partial charge in [-0.15, -0.1) is 0 Å². The number of thiocarbonyl (C=S) groups is 1. The molecule has 4 rings (SSSR count). The number of nitrogens with zero attached hydrogens (tertiary/aromatic N) is 2. The van der Waals surface area contributed by atoms with Gasteiger partial charge in [0.25, 0.3) is 0 Å². The maximum absolute atomic E-state index is 12.9. The molecule has 0 amide bonds. The standard InChI is InChI=1S/C21H23ClN4O3S2/c22-18-9-8-16(31(27,28)26-10-12-29-13-11-26)14-20(18)23-21(30)25-24-19-7-3-5-15-4-1-2-6-17(15)19/h1-2,4,6,8-9,14H,3,5,7,10-13H2,(H2,23,25,30)/b24-19-. The van der Waals surface area contributed by atoms with Gasteiger partial charge < -0.3 is 10.1 Å². The summed E-state index contributed by atoms with van der Waals surface area (Å²) in [5.41, 5.74) is 6.61. The van der Waals surface area contributed by atoms with Crippen molar-refractivity contribution in [2.24, 2.45) is 5.10 Å². The Morgan fingerprint density at radius 1 is 1.13 bits per heavy atom. The number of hydrazone groups is 1. The summed E-state index contributed by atoms with van der Waals surface area (Å²) >= 11 is 11.6. The summed E-state index contributed by atoms with van der Waals surface area (Å²) in [6, 6.07) is 12.7. The molecule has 1 heterocycles. The number of morpholine rings is 1. The largest absolute Gasteiger partial charge is 0.379 e. The van der Waals surface area contributed by atoms with Crippen LogP contribution in [0.4, 0.5) is 5.69 Å². The minimum absolute atomic E-state index is 0.150. The Kier molecular flexibility index (Phi) is 6.88. The van der Waals surface area contributed by atoms with Gasteiger partial charge in [0, 0.05) is 18.7 Å². The lowest BCUT2D eigenvalue weighted by Crippen LogP contribution is -2.40. The highest BCUT2D eigenvalue weighted by Crippen LogP contribution is 2.27. The molecule has 10 heteroatoms. The number of hydrogen-bond donors (Lipinski definition) is 2. The molecule has 0 bridgehead atoms. The van der Waals surface area contributed by atoms with Crippen molar-refractivity contribution in [3.05, 3.63) is 58.6 Å². The predicted molar refractivity (Wildman–Crippen MR) is 126 cm³/mol. The molecular formula is C21H23ClN4O3S2. The molecule has 0 aromatic heterocycles. The highest BCUT2D eigenvalue weighted by Gasteiger charge is 2.27. The van der Waals surface area contributed by atoms with Gasteiger partial charge in [-0.2, -0.15) is 9.41 Å². The monoisotopic (exact) mass is 478 g/mol. The van der Waals surface area contributed by atoms with Crippen LogP contribution in [-0.4, -0.2) is 49.9 Å². The molecule has 164 valence electrons. The van der Waals surface area contributed by atoms with E-state index in [1.54, 1.807) is 6.07 Å². The summed E-state index contributed by atoms with van der Waals surface area (Å²) < 4.78 is 32.5. The number of benzene rings is 2. The van der Waals surface area contributed by atoms with Crippen LogP contribution >= 0.6 is 23.8 Å². The first-order valence-corrected chi connectivity index (χ1v) is 12.3. The highest BCUT2D eigenvalue weighted by atomic mass is 35.5. The van der Waals surface area contributed by atoms with Crippen molar-refractivity contribution < 1.29 is 13.2 Å². The smallest absolute Gasteiger partial charge is 0.243 e. The summed E-state index contributed by atoms with van der Waals surface area (Å²) in [7, 11) is -3.64. The number of sulfonamides is 1. The molecule has 0 atom stereocenters. The van der Waals surface area contributed by atoms with Crippen LogP contribution in [-0.2, 0) is 21.2 Å². The van der Waals surface area contributed by atoms with Gasteiger partial charge in [-0.3, -0.25) is 5.43 Å². The molecule has 0 radical (unpaired) electrons. The third-order valence-electron chi connectivity index (χ3n) is 5.27. The van der Waals surface area contributed by atoms with Crippen molar-refractivity contribution in [3.8, 4) is 0 Å². The fourth-order valence-electron chi connectivity index (χ4n) is 3.68. The van der Waals surface area contributed by atoms with Crippen LogP contribution in [0.5, 0.6) is 0 Å². The van der Waals surface area contributed by atoms with E-state index in [4.69, 9.17) is 28.6 Å². The van der Waals surface area contributed by atoms with E-state index in [2.05, 4.69) is 28.0 Å². The minimum atomic E-state index is -3.64. The molecule has 2 N–H and O–H groups in total. The average Bonchev–Trinajstić information content (AvgIpc) is 2.79. The van der Waals surface area contributed by atoms with Crippen LogP contribution in [0.3, 0.4) is 0 Å². The van der Waals surface area contributed by atoms with Gasteiger partial charge in [-0.1, -0.05) is 35.9 Å². The van der Waals surface area contributed by atoms with E-state index in [-0.39, 0.29) is 10.0 Å². The van der Waals surface area contributed by atoms with E-state index in [9.17, 15) is 8.42 Å². The Balaban J connectivity index is 1.48. The summed E-state index contributed by atoms with van der Waals surface area (Å²) in [5, 5.41) is 8.03. The Hall–Kier alpha value is -2.04. The third kappa shape index (κ3) is 5.07. The molecule has 1 fully saturated rings. The maximum atomic E-state index is 12.9. The zero-order valence-electron chi connectivity index (χ0n) is 16.8. The molecule has 7 nitrogen and oxygen atoms in total. The Morgan fingerprint density at radius 2 is 1.90 bits per heavy atom. The predicted octanol–water partition coefficient (Wildman–Crippen LogP) is 3.39. The second kappa shape index (κ2) is 9.62. The van der Waals surface area contributed by atoms with Gasteiger partial charge in [0.1, 0.15) is 0 Å². The van der Waals surface area contributed by atoms with Gasteiger partial charge in [-0.05, 0) is 55.2 Å². The number of rotatable bonds is 4. The van der Waals surface area contributed by atoms with E-state index in [1.807, 2.05) is 12.1 Å². The van der Waals surface area contributed by atoms with E-state index < -0.39 is 10.0 Å². The molecule has 2 aromatic rings. The molecule has 0 unspecified atom stereocenters. The first-order valence-electron chi connectivity index (χ1n) is 10.0. The molecular weight excluding hydrogens is 456 g/mol. The lowest BCUT2D eigenvalue weighted by molar-refractivity contribution is 0.0730. The zero-order chi connectivity index (χ0) is 21.8. The maximum Gasteiger partial charge on any atom is 0.243 e. The second-order valence-corrected chi connectivity index (χ2v) is 10.0. The molecule has 1 aliphatic heterocycles. The first-order chi connectivity index (χ1) is 14.9. The van der Waals surface area contributed by atoms with Gasteiger partial charge in [0.15, 0.2) is 5.11 Å². The van der Waals surface area contributed by atoms with Gasteiger partial charge in [0.05, 0.1) is 34.5 Å². The van der Waals surface area contributed by atoms with Crippen molar-refractivity contribution in [1.82, 2.24) is 9.73 Å². The van der Waals surface area contributed by atoms with Crippen LogP contribution < -0.4 is 10.7 Å². The number of anilines is 1. The Bertz CT molecular complexity index is 1120. The van der Waals surface area contributed by atoms with Crippen LogP contribution in [0, 0.1) is 0 Å². The van der Waals surface area contributed by atoms with Gasteiger partial charge >= 0.3 is 0 Å². The molecule has 2 aliphatic rings. The van der Waals surface area contributed by atoms with Crippen molar-refractivity contribution in [2.45, 2.75) is 24.2 Å². The van der Waals surface area contributed by atoms with E-state index in [1.165, 1.54) is 22.0 Å². The molecule has 1 aliphatic carbocycles. The summed E-state index contributed by atoms with van der Waals surface area (Å²) in [4.78, 5) is 0.150. The molecule has 2 aromatic carbocycles. The van der Waals surface area contributed by atoms with E-state index in [0.29, 0.717) is 37.0 Å². The van der Waals surface area contributed by atoms with Crippen molar-refractivity contribution in [2.75, 3.05) is 31.6 Å².